The van der Waals surface area contributed by atoms with Crippen molar-refractivity contribution < 1.29 is 9.40 Å². The van der Waals surface area contributed by atoms with Crippen molar-refractivity contribution in [3.8, 4) is 89.8 Å². The third-order valence-electron chi connectivity index (χ3n) is 11.4. The van der Waals surface area contributed by atoms with Crippen molar-refractivity contribution in [1.82, 2.24) is 9.97 Å². The number of hydrogen-bond acceptors (Lipinski definition) is 3. The fourth-order valence-electron chi connectivity index (χ4n) is 8.54. The molecule has 0 aliphatic rings. The Bertz CT molecular complexity index is 3340. The minimum Gasteiger partial charge on any atom is -0.455 e. The van der Waals surface area contributed by atoms with E-state index in [4.69, 9.17) is 14.4 Å². The summed E-state index contributed by atoms with van der Waals surface area (Å²) in [5, 5.41) is 1.98. The minimum atomic E-state index is 0.630. The first-order chi connectivity index (χ1) is 30.2. The average molecular weight is 781 g/mol. The normalized spacial score (nSPS) is 11.3. The molecule has 11 rings (SSSR count). The summed E-state index contributed by atoms with van der Waals surface area (Å²) in [6.45, 7) is 0. The first-order valence-corrected chi connectivity index (χ1v) is 20.6. The van der Waals surface area contributed by atoms with E-state index < -0.39 is 0 Å². The number of rotatable bonds is 8. The Balaban J connectivity index is 1.19. The molecule has 2 aromatic heterocycles. The maximum atomic E-state index is 7.03. The molecule has 0 saturated heterocycles. The molecule has 61 heavy (non-hydrogen) atoms. The molecular weight excluding hydrogens is 743 g/mol. The number of aromatic nitrogens is 3. The molecule has 0 amide bonds. The fraction of sp³-hybridized carbons (Fsp3) is 0. The van der Waals surface area contributed by atoms with Crippen LogP contribution in [0.15, 0.2) is 229 Å². The monoisotopic (exact) mass is 780 g/mol. The van der Waals surface area contributed by atoms with E-state index in [2.05, 4.69) is 205 Å². The first-order valence-electron chi connectivity index (χ1n) is 20.6. The third kappa shape index (κ3) is 6.76. The van der Waals surface area contributed by atoms with Crippen LogP contribution in [0.25, 0.3) is 112 Å². The van der Waals surface area contributed by atoms with Crippen molar-refractivity contribution in [2.75, 3.05) is 0 Å². The summed E-state index contributed by atoms with van der Waals surface area (Å²) in [6.07, 6.45) is 0. The van der Waals surface area contributed by atoms with Crippen LogP contribution in [0.1, 0.15) is 0 Å². The Kier molecular flexibility index (Phi) is 9.14. The second kappa shape index (κ2) is 15.5. The average Bonchev–Trinajstić information content (AvgIpc) is 3.74. The minimum absolute atomic E-state index is 0.630. The van der Waals surface area contributed by atoms with Gasteiger partial charge < -0.3 is 4.42 Å². The van der Waals surface area contributed by atoms with Crippen LogP contribution in [0.4, 0.5) is 0 Å². The number of furan rings is 1. The van der Waals surface area contributed by atoms with E-state index in [9.17, 15) is 0 Å². The van der Waals surface area contributed by atoms with Gasteiger partial charge in [0.2, 0.25) is 0 Å². The second-order valence-electron chi connectivity index (χ2n) is 15.2. The first kappa shape index (κ1) is 35.9. The van der Waals surface area contributed by atoms with Gasteiger partial charge >= 0.3 is 5.82 Å². The molecule has 0 aliphatic heterocycles. The zero-order valence-corrected chi connectivity index (χ0v) is 33.2. The number of H-pyrrole nitrogens is 1. The molecule has 9 aromatic carbocycles. The van der Waals surface area contributed by atoms with Crippen LogP contribution in [-0.4, -0.2) is 9.97 Å². The molecule has 0 atom stereocenters. The Morgan fingerprint density at radius 3 is 1.44 bits per heavy atom. The molecular formula is C57H38N3O+. The summed E-state index contributed by atoms with van der Waals surface area (Å²) < 4.78 is 7.03. The van der Waals surface area contributed by atoms with Gasteiger partial charge in [-0.1, -0.05) is 186 Å². The zero-order chi connectivity index (χ0) is 40.5. The topological polar surface area (TPSA) is 53.1 Å². The van der Waals surface area contributed by atoms with E-state index in [-0.39, 0.29) is 0 Å². The summed E-state index contributed by atoms with van der Waals surface area (Å²) in [7, 11) is 0. The summed E-state index contributed by atoms with van der Waals surface area (Å²) in [5.74, 6) is 2.05. The lowest BCUT2D eigenvalue weighted by Gasteiger charge is -2.15. The van der Waals surface area contributed by atoms with Crippen LogP contribution in [-0.2, 0) is 0 Å². The number of nitrogens with zero attached hydrogens (tertiary/aromatic N) is 2. The van der Waals surface area contributed by atoms with Gasteiger partial charge in [0.05, 0.1) is 16.7 Å². The molecule has 0 unspecified atom stereocenters. The highest BCUT2D eigenvalue weighted by Crippen LogP contribution is 2.46. The molecule has 4 nitrogen and oxygen atoms in total. The summed E-state index contributed by atoms with van der Waals surface area (Å²) in [6, 6.07) is 78.5. The van der Waals surface area contributed by atoms with Crippen molar-refractivity contribution in [3.05, 3.63) is 224 Å². The number of fused-ring (bicyclic) bond motifs is 3. The van der Waals surface area contributed by atoms with Crippen LogP contribution in [0, 0.1) is 0 Å². The van der Waals surface area contributed by atoms with Crippen LogP contribution < -0.4 is 4.98 Å². The Morgan fingerprint density at radius 2 is 0.787 bits per heavy atom. The van der Waals surface area contributed by atoms with E-state index in [1.165, 1.54) is 0 Å². The van der Waals surface area contributed by atoms with Crippen LogP contribution in [0.2, 0.25) is 0 Å². The largest absolute Gasteiger partial charge is 0.455 e. The van der Waals surface area contributed by atoms with Gasteiger partial charge in [0.15, 0.2) is 0 Å². The molecule has 4 heteroatoms. The molecule has 2 heterocycles. The summed E-state index contributed by atoms with van der Waals surface area (Å²) in [5.41, 5.74) is 15.6. The predicted octanol–water partition coefficient (Wildman–Crippen LogP) is 14.5. The van der Waals surface area contributed by atoms with Crippen LogP contribution in [0.5, 0.6) is 0 Å². The van der Waals surface area contributed by atoms with Gasteiger partial charge in [-0.3, -0.25) is 0 Å². The van der Waals surface area contributed by atoms with Gasteiger partial charge in [-0.05, 0) is 98.6 Å². The molecule has 1 N–H and O–H groups in total. The third-order valence-corrected chi connectivity index (χ3v) is 11.4. The van der Waals surface area contributed by atoms with Crippen molar-refractivity contribution >= 4 is 21.9 Å². The SMILES string of the molecule is c1ccc(-c2cccc(-c3nc(-c4ccccc4)[nH+]c(-c4cccc5oc6c(-c7ccccc7-c7ccccc7)cc(-c7ccccc7-c7ccccc7)cc6c45)n3)c2)cc1. The van der Waals surface area contributed by atoms with Gasteiger partial charge in [0, 0.05) is 16.3 Å². The van der Waals surface area contributed by atoms with Crippen molar-refractivity contribution in [2.45, 2.75) is 0 Å². The molecule has 0 aliphatic carbocycles. The van der Waals surface area contributed by atoms with Gasteiger partial charge in [0.1, 0.15) is 11.2 Å². The molecule has 0 fully saturated rings. The van der Waals surface area contributed by atoms with Gasteiger partial charge in [0.25, 0.3) is 11.6 Å². The van der Waals surface area contributed by atoms with Crippen molar-refractivity contribution in [1.29, 1.82) is 0 Å². The summed E-state index contributed by atoms with van der Waals surface area (Å²) in [4.78, 5) is 14.2. The van der Waals surface area contributed by atoms with Crippen LogP contribution >= 0.6 is 0 Å². The van der Waals surface area contributed by atoms with E-state index in [1.807, 2.05) is 24.3 Å². The van der Waals surface area contributed by atoms with Gasteiger partial charge in [-0.2, -0.15) is 0 Å². The molecule has 0 saturated carbocycles. The lowest BCUT2D eigenvalue weighted by Crippen LogP contribution is -2.17. The quantitative estimate of drug-likeness (QED) is 0.154. The maximum Gasteiger partial charge on any atom is 0.308 e. The highest BCUT2D eigenvalue weighted by molar-refractivity contribution is 6.17. The standard InChI is InChI=1S/C57H37N3O/c1-5-19-38(20-6-1)42-27-17-28-43(35-42)56-58-55(41-25-11-4-12-26-41)59-57(60-56)49-33-18-34-52-53(49)51-37-44(47-31-14-13-29-45(47)39-21-7-2-8-22-39)36-50(54(51)61-52)48-32-16-15-30-46(48)40-23-9-3-10-24-40/h1-37H/p+1. The van der Waals surface area contributed by atoms with Gasteiger partial charge in [-0.25, -0.2) is 4.98 Å². The molecule has 11 aromatic rings. The maximum absolute atomic E-state index is 7.03. The number of hydrogen-bond donors (Lipinski definition) is 0. The number of nitrogens with one attached hydrogen (secondary N) is 1. The van der Waals surface area contributed by atoms with Crippen molar-refractivity contribution in [2.24, 2.45) is 0 Å². The number of benzene rings is 9. The number of aromatic amines is 1. The lowest BCUT2D eigenvalue weighted by molar-refractivity contribution is -0.359. The molecule has 286 valence electrons. The highest BCUT2D eigenvalue weighted by atomic mass is 16.3. The fourth-order valence-corrected chi connectivity index (χ4v) is 8.54. The highest BCUT2D eigenvalue weighted by Gasteiger charge is 2.25. The summed E-state index contributed by atoms with van der Waals surface area (Å²) >= 11 is 0. The zero-order valence-electron chi connectivity index (χ0n) is 33.2. The molecule has 0 radical (unpaired) electrons. The Hall–Kier alpha value is -8.21. The van der Waals surface area contributed by atoms with E-state index in [0.29, 0.717) is 11.6 Å². The Labute approximate surface area is 354 Å². The van der Waals surface area contributed by atoms with E-state index in [0.717, 1.165) is 100 Å². The predicted molar refractivity (Wildman–Crippen MR) is 249 cm³/mol. The smallest absolute Gasteiger partial charge is 0.308 e. The molecule has 0 spiro atoms. The second-order valence-corrected chi connectivity index (χ2v) is 15.2. The lowest BCUT2D eigenvalue weighted by atomic mass is 9.88. The molecule has 0 bridgehead atoms. The van der Waals surface area contributed by atoms with Crippen molar-refractivity contribution in [3.63, 3.8) is 0 Å². The van der Waals surface area contributed by atoms with Gasteiger partial charge in [-0.15, -0.1) is 0 Å². The van der Waals surface area contributed by atoms with E-state index >= 15 is 0 Å². The Morgan fingerprint density at radius 1 is 0.311 bits per heavy atom. The van der Waals surface area contributed by atoms with Crippen LogP contribution in [0.3, 0.4) is 0 Å². The van der Waals surface area contributed by atoms with E-state index in [1.54, 1.807) is 0 Å².